The number of halogens is 2. The molecular formula is C8H10ClFN2. The molecule has 0 aliphatic carbocycles. The Hall–Kier alpha value is -0.640. The minimum absolute atomic E-state index is 0.221. The van der Waals surface area contributed by atoms with E-state index in [9.17, 15) is 4.39 Å². The third-order valence-corrected chi connectivity index (χ3v) is 1.85. The first kappa shape index (κ1) is 9.45. The molecule has 2 nitrogen and oxygen atoms in total. The summed E-state index contributed by atoms with van der Waals surface area (Å²) in [7, 11) is 0. The molecule has 1 aromatic carbocycles. The maximum absolute atomic E-state index is 13.1. The maximum atomic E-state index is 13.1. The van der Waals surface area contributed by atoms with Crippen molar-refractivity contribution in [3.63, 3.8) is 0 Å². The van der Waals surface area contributed by atoms with Crippen molar-refractivity contribution in [1.29, 1.82) is 0 Å². The molecule has 0 saturated carbocycles. The molecule has 0 saturated heterocycles. The van der Waals surface area contributed by atoms with E-state index in [2.05, 4.69) is 0 Å². The van der Waals surface area contributed by atoms with Gasteiger partial charge in [0, 0.05) is 23.2 Å². The van der Waals surface area contributed by atoms with E-state index in [1.165, 1.54) is 6.07 Å². The van der Waals surface area contributed by atoms with Crippen LogP contribution in [-0.4, -0.2) is 6.54 Å². The van der Waals surface area contributed by atoms with Gasteiger partial charge in [0.2, 0.25) is 0 Å². The summed E-state index contributed by atoms with van der Waals surface area (Å²) in [4.78, 5) is 0. The molecule has 1 atom stereocenters. The highest BCUT2D eigenvalue weighted by Crippen LogP contribution is 2.18. The van der Waals surface area contributed by atoms with Crippen molar-refractivity contribution >= 4 is 11.6 Å². The van der Waals surface area contributed by atoms with Gasteiger partial charge in [0.15, 0.2) is 0 Å². The molecule has 1 rings (SSSR count). The monoisotopic (exact) mass is 188 g/mol. The molecule has 0 aliphatic heterocycles. The number of hydrogen-bond donors (Lipinski definition) is 2. The first-order valence-corrected chi connectivity index (χ1v) is 3.93. The third-order valence-electron chi connectivity index (χ3n) is 1.62. The average Bonchev–Trinajstić information content (AvgIpc) is 2.03. The molecule has 0 fully saturated rings. The Morgan fingerprint density at radius 3 is 2.67 bits per heavy atom. The molecule has 66 valence electrons. The fourth-order valence-corrected chi connectivity index (χ4v) is 1.09. The van der Waals surface area contributed by atoms with Gasteiger partial charge in [-0.05, 0) is 12.1 Å². The molecule has 0 heterocycles. The quantitative estimate of drug-likeness (QED) is 0.738. The van der Waals surface area contributed by atoms with Gasteiger partial charge in [-0.3, -0.25) is 0 Å². The predicted octanol–water partition coefficient (Wildman–Crippen LogP) is 1.44. The highest BCUT2D eigenvalue weighted by molar-refractivity contribution is 6.30. The van der Waals surface area contributed by atoms with Crippen LogP contribution in [0.1, 0.15) is 11.6 Å². The van der Waals surface area contributed by atoms with Gasteiger partial charge < -0.3 is 11.5 Å². The fourth-order valence-electron chi connectivity index (χ4n) is 0.929. The molecule has 4 heteroatoms. The van der Waals surface area contributed by atoms with Crippen LogP contribution >= 0.6 is 11.6 Å². The molecule has 0 aliphatic rings. The van der Waals surface area contributed by atoms with Crippen LogP contribution in [-0.2, 0) is 0 Å². The van der Waals surface area contributed by atoms with Gasteiger partial charge in [0.05, 0.1) is 0 Å². The van der Waals surface area contributed by atoms with Gasteiger partial charge in [0.25, 0.3) is 0 Å². The standard InChI is InChI=1S/C8H10ClFN2/c9-5-1-2-6(7(10)3-5)8(12)4-11/h1-3,8H,4,11-12H2/t8-/m1/s1. The lowest BCUT2D eigenvalue weighted by atomic mass is 10.1. The van der Waals surface area contributed by atoms with Gasteiger partial charge in [-0.25, -0.2) is 4.39 Å². The second kappa shape index (κ2) is 3.85. The van der Waals surface area contributed by atoms with Crippen molar-refractivity contribution in [3.8, 4) is 0 Å². The first-order valence-electron chi connectivity index (χ1n) is 3.55. The van der Waals surface area contributed by atoms with Gasteiger partial charge in [0.1, 0.15) is 5.82 Å². The topological polar surface area (TPSA) is 52.0 Å². The lowest BCUT2D eigenvalue weighted by molar-refractivity contribution is 0.584. The Kier molecular flexibility index (Phi) is 3.03. The lowest BCUT2D eigenvalue weighted by Gasteiger charge is -2.09. The summed E-state index contributed by atoms with van der Waals surface area (Å²) in [6.07, 6.45) is 0. The van der Waals surface area contributed by atoms with Crippen LogP contribution in [0.15, 0.2) is 18.2 Å². The molecule has 12 heavy (non-hydrogen) atoms. The zero-order valence-corrected chi connectivity index (χ0v) is 7.18. The number of rotatable bonds is 2. The van der Waals surface area contributed by atoms with Crippen LogP contribution in [0.25, 0.3) is 0 Å². The van der Waals surface area contributed by atoms with Crippen LogP contribution < -0.4 is 11.5 Å². The van der Waals surface area contributed by atoms with Crippen LogP contribution in [0.4, 0.5) is 4.39 Å². The van der Waals surface area contributed by atoms with E-state index in [1.807, 2.05) is 0 Å². The Morgan fingerprint density at radius 2 is 2.17 bits per heavy atom. The van der Waals surface area contributed by atoms with E-state index in [-0.39, 0.29) is 6.54 Å². The Morgan fingerprint density at radius 1 is 1.50 bits per heavy atom. The van der Waals surface area contributed by atoms with E-state index < -0.39 is 11.9 Å². The Labute approximate surface area is 75.3 Å². The highest BCUT2D eigenvalue weighted by atomic mass is 35.5. The van der Waals surface area contributed by atoms with Gasteiger partial charge >= 0.3 is 0 Å². The average molecular weight is 189 g/mol. The third kappa shape index (κ3) is 1.94. The van der Waals surface area contributed by atoms with Crippen molar-refractivity contribution in [1.82, 2.24) is 0 Å². The Balaban J connectivity index is 3.01. The van der Waals surface area contributed by atoms with Crippen LogP contribution in [0, 0.1) is 5.82 Å². The van der Waals surface area contributed by atoms with Crippen molar-refractivity contribution in [2.75, 3.05) is 6.54 Å². The van der Waals surface area contributed by atoms with E-state index >= 15 is 0 Å². The van der Waals surface area contributed by atoms with Crippen molar-refractivity contribution in [3.05, 3.63) is 34.6 Å². The summed E-state index contributed by atoms with van der Waals surface area (Å²) in [5.74, 6) is -0.402. The zero-order valence-electron chi connectivity index (χ0n) is 6.43. The number of nitrogens with two attached hydrogens (primary N) is 2. The molecular weight excluding hydrogens is 179 g/mol. The van der Waals surface area contributed by atoms with Gasteiger partial charge in [-0.2, -0.15) is 0 Å². The highest BCUT2D eigenvalue weighted by Gasteiger charge is 2.09. The lowest BCUT2D eigenvalue weighted by Crippen LogP contribution is -2.21. The van der Waals surface area contributed by atoms with Crippen LogP contribution in [0.2, 0.25) is 5.02 Å². The molecule has 1 aromatic rings. The second-order valence-corrected chi connectivity index (χ2v) is 2.94. The minimum atomic E-state index is -0.456. The number of hydrogen-bond acceptors (Lipinski definition) is 2. The molecule has 0 radical (unpaired) electrons. The summed E-state index contributed by atoms with van der Waals surface area (Å²) in [5.41, 5.74) is 11.2. The zero-order chi connectivity index (χ0) is 9.14. The van der Waals surface area contributed by atoms with Gasteiger partial charge in [-0.15, -0.1) is 0 Å². The summed E-state index contributed by atoms with van der Waals surface area (Å²) in [5, 5.41) is 0.362. The maximum Gasteiger partial charge on any atom is 0.129 e. The molecule has 0 aromatic heterocycles. The predicted molar refractivity (Wildman–Crippen MR) is 47.4 cm³/mol. The van der Waals surface area contributed by atoms with E-state index in [1.54, 1.807) is 12.1 Å². The largest absolute Gasteiger partial charge is 0.329 e. The van der Waals surface area contributed by atoms with Crippen molar-refractivity contribution in [2.24, 2.45) is 11.5 Å². The summed E-state index contributed by atoms with van der Waals surface area (Å²) >= 11 is 5.55. The van der Waals surface area contributed by atoms with E-state index in [0.717, 1.165) is 0 Å². The van der Waals surface area contributed by atoms with Crippen molar-refractivity contribution in [2.45, 2.75) is 6.04 Å². The first-order chi connectivity index (χ1) is 5.65. The second-order valence-electron chi connectivity index (χ2n) is 2.51. The fraction of sp³-hybridized carbons (Fsp3) is 0.250. The molecule has 0 bridgehead atoms. The SMILES string of the molecule is NC[C@@H](N)c1ccc(Cl)cc1F. The summed E-state index contributed by atoms with van der Waals surface area (Å²) in [6.45, 7) is 0.221. The Bertz CT molecular complexity index is 278. The van der Waals surface area contributed by atoms with Crippen LogP contribution in [0.5, 0.6) is 0 Å². The van der Waals surface area contributed by atoms with E-state index in [4.69, 9.17) is 23.1 Å². The molecule has 0 spiro atoms. The summed E-state index contributed by atoms with van der Waals surface area (Å²) < 4.78 is 13.1. The molecule has 0 amide bonds. The smallest absolute Gasteiger partial charge is 0.129 e. The molecule has 4 N–H and O–H groups in total. The summed E-state index contributed by atoms with van der Waals surface area (Å²) in [6, 6.07) is 3.92. The van der Waals surface area contributed by atoms with Crippen molar-refractivity contribution < 1.29 is 4.39 Å². The molecule has 0 unspecified atom stereocenters. The van der Waals surface area contributed by atoms with Crippen LogP contribution in [0.3, 0.4) is 0 Å². The minimum Gasteiger partial charge on any atom is -0.329 e. The van der Waals surface area contributed by atoms with Gasteiger partial charge in [-0.1, -0.05) is 17.7 Å². The van der Waals surface area contributed by atoms with E-state index in [0.29, 0.717) is 10.6 Å². The normalized spacial score (nSPS) is 13.0. The number of benzene rings is 1.